The molecule has 0 saturated carbocycles. The van der Waals surface area contributed by atoms with Gasteiger partial charge in [-0.1, -0.05) is 67.6 Å². The largest absolute Gasteiger partial charge is 0.243 e. The molecule has 3 rings (SSSR count). The maximum Gasteiger partial charge on any atom is 0.243 e. The van der Waals surface area contributed by atoms with Crippen molar-refractivity contribution in [2.75, 3.05) is 7.05 Å². The van der Waals surface area contributed by atoms with Gasteiger partial charge in [0.1, 0.15) is 0 Å². The van der Waals surface area contributed by atoms with E-state index in [1.807, 2.05) is 42.5 Å². The van der Waals surface area contributed by atoms with Crippen LogP contribution in [0.2, 0.25) is 0 Å². The topological polar surface area (TPSA) is 37.4 Å². The van der Waals surface area contributed by atoms with E-state index < -0.39 is 10.0 Å². The summed E-state index contributed by atoms with van der Waals surface area (Å²) >= 11 is 0. The summed E-state index contributed by atoms with van der Waals surface area (Å²) in [5.74, 6) is 0. The molecule has 1 unspecified atom stereocenters. The van der Waals surface area contributed by atoms with Crippen LogP contribution >= 0.6 is 9.24 Å². The number of hydrogen-bond donors (Lipinski definition) is 0. The molecule has 3 aromatic carbocycles. The van der Waals surface area contributed by atoms with Gasteiger partial charge in [0.25, 0.3) is 0 Å². The third-order valence-corrected chi connectivity index (χ3v) is 6.97. The Balaban J connectivity index is 1.86. The Bertz CT molecular complexity index is 1020. The Kier molecular flexibility index (Phi) is 6.11. The number of aryl methyl sites for hydroxylation is 1. The summed E-state index contributed by atoms with van der Waals surface area (Å²) in [7, 11) is 0.830. The third-order valence-electron chi connectivity index (χ3n) is 4.65. The summed E-state index contributed by atoms with van der Waals surface area (Å²) in [6.07, 6.45) is 0.967. The molecule has 0 fully saturated rings. The standard InChI is InChI=1S/C22H24NO2PS/c1-3-17-9-14-22(26)21(15-17)19-10-12-20(13-11-19)27(24,25)23(2)16-18-7-5-4-6-8-18/h4-15H,3,16,26H2,1-2H3. The molecule has 0 bridgehead atoms. The third kappa shape index (κ3) is 4.47. The number of benzene rings is 3. The minimum absolute atomic E-state index is 0.307. The fourth-order valence-electron chi connectivity index (χ4n) is 2.99. The van der Waals surface area contributed by atoms with Gasteiger partial charge in [-0.3, -0.25) is 0 Å². The molecule has 0 aliphatic rings. The maximum atomic E-state index is 12.9. The second kappa shape index (κ2) is 8.35. The van der Waals surface area contributed by atoms with E-state index in [1.54, 1.807) is 19.2 Å². The molecule has 3 aromatic rings. The normalized spacial score (nSPS) is 11.7. The second-order valence-corrected chi connectivity index (χ2v) is 9.21. The predicted molar refractivity (Wildman–Crippen MR) is 116 cm³/mol. The van der Waals surface area contributed by atoms with Gasteiger partial charge in [-0.25, -0.2) is 8.42 Å². The van der Waals surface area contributed by atoms with Crippen molar-refractivity contribution < 1.29 is 8.42 Å². The Morgan fingerprint density at radius 1 is 0.889 bits per heavy atom. The molecule has 0 radical (unpaired) electrons. The van der Waals surface area contributed by atoms with Crippen LogP contribution in [-0.4, -0.2) is 19.8 Å². The van der Waals surface area contributed by atoms with E-state index in [-0.39, 0.29) is 0 Å². The van der Waals surface area contributed by atoms with Gasteiger partial charge in [-0.05, 0) is 46.1 Å². The molecular formula is C22H24NO2PS. The Hall–Kier alpha value is -2.00. The minimum Gasteiger partial charge on any atom is -0.207 e. The van der Waals surface area contributed by atoms with Gasteiger partial charge >= 0.3 is 0 Å². The van der Waals surface area contributed by atoms with E-state index in [9.17, 15) is 8.42 Å². The summed E-state index contributed by atoms with van der Waals surface area (Å²) in [5.41, 5.74) is 4.35. The zero-order chi connectivity index (χ0) is 19.4. The molecule has 27 heavy (non-hydrogen) atoms. The summed E-state index contributed by atoms with van der Waals surface area (Å²) in [6.45, 7) is 2.47. The Labute approximate surface area is 164 Å². The molecule has 0 spiro atoms. The second-order valence-electron chi connectivity index (χ2n) is 6.55. The summed E-state index contributed by atoms with van der Waals surface area (Å²) in [6, 6.07) is 23.1. The number of nitrogens with zero attached hydrogens (tertiary/aromatic N) is 1. The van der Waals surface area contributed by atoms with Crippen molar-refractivity contribution in [2.45, 2.75) is 24.8 Å². The van der Waals surface area contributed by atoms with E-state index in [2.05, 4.69) is 34.4 Å². The van der Waals surface area contributed by atoms with Crippen molar-refractivity contribution in [3.8, 4) is 11.1 Å². The van der Waals surface area contributed by atoms with Crippen LogP contribution in [0.15, 0.2) is 77.7 Å². The first-order chi connectivity index (χ1) is 12.9. The number of sulfonamides is 1. The lowest BCUT2D eigenvalue weighted by atomic mass is 10.0. The summed E-state index contributed by atoms with van der Waals surface area (Å²) < 4.78 is 27.1. The quantitative estimate of drug-likeness (QED) is 0.584. The number of rotatable bonds is 6. The first kappa shape index (κ1) is 19.8. The molecule has 0 saturated heterocycles. The lowest BCUT2D eigenvalue weighted by Gasteiger charge is -2.18. The molecule has 140 valence electrons. The first-order valence-corrected chi connectivity index (χ1v) is 10.9. The molecule has 0 aliphatic heterocycles. The van der Waals surface area contributed by atoms with Crippen molar-refractivity contribution >= 4 is 24.6 Å². The summed E-state index contributed by atoms with van der Waals surface area (Å²) in [4.78, 5) is 0.307. The fourth-order valence-corrected chi connectivity index (χ4v) is 4.49. The maximum absolute atomic E-state index is 12.9. The SMILES string of the molecule is CCc1ccc(P)c(-c2ccc(S(=O)(=O)N(C)Cc3ccccc3)cc2)c1. The average molecular weight is 397 g/mol. The molecule has 1 atom stereocenters. The van der Waals surface area contributed by atoms with Crippen molar-refractivity contribution in [1.82, 2.24) is 4.31 Å². The monoisotopic (exact) mass is 397 g/mol. The van der Waals surface area contributed by atoms with Crippen LogP contribution in [-0.2, 0) is 23.0 Å². The van der Waals surface area contributed by atoms with Crippen LogP contribution < -0.4 is 5.30 Å². The van der Waals surface area contributed by atoms with Crippen LogP contribution in [0.1, 0.15) is 18.1 Å². The molecule has 3 nitrogen and oxygen atoms in total. The smallest absolute Gasteiger partial charge is 0.207 e. The first-order valence-electron chi connectivity index (χ1n) is 8.91. The van der Waals surface area contributed by atoms with Gasteiger partial charge in [0, 0.05) is 13.6 Å². The van der Waals surface area contributed by atoms with Gasteiger partial charge in [0.15, 0.2) is 0 Å². The zero-order valence-corrected chi connectivity index (χ0v) is 17.6. The molecule has 0 aliphatic carbocycles. The molecular weight excluding hydrogens is 373 g/mol. The van der Waals surface area contributed by atoms with Crippen LogP contribution in [0.25, 0.3) is 11.1 Å². The van der Waals surface area contributed by atoms with Crippen LogP contribution in [0, 0.1) is 0 Å². The Morgan fingerprint density at radius 2 is 1.56 bits per heavy atom. The van der Waals surface area contributed by atoms with Crippen LogP contribution in [0.4, 0.5) is 0 Å². The average Bonchev–Trinajstić information content (AvgIpc) is 2.69. The van der Waals surface area contributed by atoms with Crippen molar-refractivity contribution in [3.63, 3.8) is 0 Å². The highest BCUT2D eigenvalue weighted by Crippen LogP contribution is 2.24. The van der Waals surface area contributed by atoms with Gasteiger partial charge in [0.2, 0.25) is 10.0 Å². The van der Waals surface area contributed by atoms with Gasteiger partial charge in [-0.15, -0.1) is 9.24 Å². The highest BCUT2D eigenvalue weighted by Gasteiger charge is 2.21. The van der Waals surface area contributed by atoms with E-state index >= 15 is 0 Å². The molecule has 5 heteroatoms. The highest BCUT2D eigenvalue weighted by molar-refractivity contribution is 7.89. The van der Waals surface area contributed by atoms with Gasteiger partial charge < -0.3 is 0 Å². The zero-order valence-electron chi connectivity index (χ0n) is 15.6. The lowest BCUT2D eigenvalue weighted by Crippen LogP contribution is -2.26. The fraction of sp³-hybridized carbons (Fsp3) is 0.182. The number of hydrogen-bond acceptors (Lipinski definition) is 2. The summed E-state index contributed by atoms with van der Waals surface area (Å²) in [5, 5.41) is 1.10. The van der Waals surface area contributed by atoms with Crippen molar-refractivity contribution in [1.29, 1.82) is 0 Å². The molecule has 0 aromatic heterocycles. The van der Waals surface area contributed by atoms with Crippen molar-refractivity contribution in [2.24, 2.45) is 0 Å². The van der Waals surface area contributed by atoms with E-state index in [0.29, 0.717) is 11.4 Å². The predicted octanol–water partition coefficient (Wildman–Crippen LogP) is 4.24. The van der Waals surface area contributed by atoms with Gasteiger partial charge in [-0.2, -0.15) is 4.31 Å². The van der Waals surface area contributed by atoms with E-state index in [4.69, 9.17) is 0 Å². The Morgan fingerprint density at radius 3 is 2.19 bits per heavy atom. The lowest BCUT2D eigenvalue weighted by molar-refractivity contribution is 0.467. The van der Waals surface area contributed by atoms with Crippen LogP contribution in [0.5, 0.6) is 0 Å². The molecule has 0 N–H and O–H groups in total. The van der Waals surface area contributed by atoms with E-state index in [0.717, 1.165) is 28.4 Å². The molecule has 0 heterocycles. The van der Waals surface area contributed by atoms with Crippen LogP contribution in [0.3, 0.4) is 0 Å². The van der Waals surface area contributed by atoms with Gasteiger partial charge in [0.05, 0.1) is 4.90 Å². The van der Waals surface area contributed by atoms with Crippen molar-refractivity contribution in [3.05, 3.63) is 83.9 Å². The highest BCUT2D eigenvalue weighted by atomic mass is 32.2. The molecule has 0 amide bonds. The van der Waals surface area contributed by atoms with E-state index in [1.165, 1.54) is 9.87 Å². The minimum atomic E-state index is -3.53.